The number of benzene rings is 1. The highest BCUT2D eigenvalue weighted by atomic mass is 79.9. The van der Waals surface area contributed by atoms with Crippen molar-refractivity contribution in [2.75, 3.05) is 5.73 Å². The van der Waals surface area contributed by atoms with Crippen molar-refractivity contribution in [3.8, 4) is 11.8 Å². The molecule has 19 heavy (non-hydrogen) atoms. The summed E-state index contributed by atoms with van der Waals surface area (Å²) in [5.41, 5.74) is 8.51. The van der Waals surface area contributed by atoms with Crippen LogP contribution in [-0.2, 0) is 0 Å². The highest BCUT2D eigenvalue weighted by Crippen LogP contribution is 2.36. The van der Waals surface area contributed by atoms with Gasteiger partial charge in [-0.1, -0.05) is 11.6 Å². The lowest BCUT2D eigenvalue weighted by molar-refractivity contribution is 0.626. The second-order valence-corrected chi connectivity index (χ2v) is 5.40. The minimum Gasteiger partial charge on any atom is -0.384 e. The molecule has 2 aromatic rings. The first-order chi connectivity index (χ1) is 8.88. The number of hydrogen-bond donors (Lipinski definition) is 1. The number of rotatable bonds is 1. The monoisotopic (exact) mass is 341 g/mol. The van der Waals surface area contributed by atoms with E-state index in [2.05, 4.69) is 22.0 Å². The van der Waals surface area contributed by atoms with Crippen LogP contribution in [0.3, 0.4) is 0 Å². The topological polar surface area (TPSA) is 54.7 Å². The Bertz CT molecular complexity index is 693. The average Bonchev–Trinajstić information content (AvgIpc) is 2.52. The molecular formula is C13H10BrClFN3. The van der Waals surface area contributed by atoms with E-state index in [9.17, 15) is 4.39 Å². The second-order valence-electron chi connectivity index (χ2n) is 4.14. The SMILES string of the molecule is Cc1c(C#N)c(N)n(-c2c(Cl)cc(F)cc2Br)c1C. The molecule has 0 unspecified atom stereocenters. The molecule has 0 saturated heterocycles. The maximum absolute atomic E-state index is 13.3. The lowest BCUT2D eigenvalue weighted by Gasteiger charge is -2.13. The van der Waals surface area contributed by atoms with E-state index in [0.29, 0.717) is 21.5 Å². The molecule has 0 radical (unpaired) electrons. The van der Waals surface area contributed by atoms with Gasteiger partial charge in [-0.2, -0.15) is 5.26 Å². The predicted octanol–water partition coefficient (Wildman–Crippen LogP) is 4.10. The summed E-state index contributed by atoms with van der Waals surface area (Å²) < 4.78 is 15.4. The molecule has 2 rings (SSSR count). The van der Waals surface area contributed by atoms with E-state index < -0.39 is 5.82 Å². The summed E-state index contributed by atoms with van der Waals surface area (Å²) in [5.74, 6) is -0.145. The summed E-state index contributed by atoms with van der Waals surface area (Å²) in [5, 5.41) is 9.34. The fraction of sp³-hybridized carbons (Fsp3) is 0.154. The van der Waals surface area contributed by atoms with Crippen LogP contribution in [0.4, 0.5) is 10.2 Å². The summed E-state index contributed by atoms with van der Waals surface area (Å²) in [6.07, 6.45) is 0. The van der Waals surface area contributed by atoms with Gasteiger partial charge in [0.2, 0.25) is 0 Å². The molecule has 1 aromatic heterocycles. The van der Waals surface area contributed by atoms with Crippen LogP contribution < -0.4 is 5.73 Å². The minimum atomic E-state index is -0.443. The third kappa shape index (κ3) is 2.11. The van der Waals surface area contributed by atoms with Crippen molar-refractivity contribution in [2.24, 2.45) is 0 Å². The lowest BCUT2D eigenvalue weighted by atomic mass is 10.2. The van der Waals surface area contributed by atoms with E-state index in [0.717, 1.165) is 11.3 Å². The first-order valence-electron chi connectivity index (χ1n) is 5.40. The highest BCUT2D eigenvalue weighted by Gasteiger charge is 2.20. The molecule has 0 aliphatic heterocycles. The lowest BCUT2D eigenvalue weighted by Crippen LogP contribution is -2.04. The normalized spacial score (nSPS) is 10.5. The van der Waals surface area contributed by atoms with Gasteiger partial charge < -0.3 is 5.73 Å². The fourth-order valence-electron chi connectivity index (χ4n) is 2.01. The van der Waals surface area contributed by atoms with E-state index in [1.165, 1.54) is 12.1 Å². The van der Waals surface area contributed by atoms with Crippen molar-refractivity contribution < 1.29 is 4.39 Å². The van der Waals surface area contributed by atoms with Crippen LogP contribution in [0.2, 0.25) is 5.02 Å². The van der Waals surface area contributed by atoms with Crippen LogP contribution in [0.5, 0.6) is 0 Å². The summed E-state index contributed by atoms with van der Waals surface area (Å²) in [7, 11) is 0. The van der Waals surface area contributed by atoms with E-state index >= 15 is 0 Å². The molecule has 0 bridgehead atoms. The number of anilines is 1. The summed E-state index contributed by atoms with van der Waals surface area (Å²) in [4.78, 5) is 0. The first-order valence-corrected chi connectivity index (χ1v) is 6.58. The molecular weight excluding hydrogens is 333 g/mol. The van der Waals surface area contributed by atoms with Crippen LogP contribution in [0.15, 0.2) is 16.6 Å². The van der Waals surface area contributed by atoms with Gasteiger partial charge in [0.1, 0.15) is 17.7 Å². The van der Waals surface area contributed by atoms with E-state index in [-0.39, 0.29) is 5.02 Å². The standard InChI is InChI=1S/C13H10BrClFN3/c1-6-7(2)19(13(18)9(6)5-17)12-10(14)3-8(16)4-11(12)15/h3-4H,18H2,1-2H3. The third-order valence-corrected chi connectivity index (χ3v) is 3.96. The van der Waals surface area contributed by atoms with Crippen molar-refractivity contribution in [2.45, 2.75) is 13.8 Å². The molecule has 0 atom stereocenters. The van der Waals surface area contributed by atoms with Crippen LogP contribution in [-0.4, -0.2) is 4.57 Å². The van der Waals surface area contributed by atoms with Gasteiger partial charge in [-0.15, -0.1) is 0 Å². The Morgan fingerprint density at radius 1 is 1.42 bits per heavy atom. The minimum absolute atomic E-state index is 0.223. The predicted molar refractivity (Wildman–Crippen MR) is 77.0 cm³/mol. The van der Waals surface area contributed by atoms with Crippen molar-refractivity contribution in [3.05, 3.63) is 44.3 Å². The Morgan fingerprint density at radius 3 is 2.53 bits per heavy atom. The van der Waals surface area contributed by atoms with Crippen molar-refractivity contribution in [3.63, 3.8) is 0 Å². The number of nitriles is 1. The quantitative estimate of drug-likeness (QED) is 0.848. The molecule has 1 heterocycles. The van der Waals surface area contributed by atoms with Crippen LogP contribution in [0.25, 0.3) is 5.69 Å². The average molecular weight is 343 g/mol. The van der Waals surface area contributed by atoms with Crippen LogP contribution in [0.1, 0.15) is 16.8 Å². The number of halogens is 3. The van der Waals surface area contributed by atoms with E-state index in [4.69, 9.17) is 22.6 Å². The molecule has 98 valence electrons. The zero-order chi connectivity index (χ0) is 14.3. The molecule has 0 amide bonds. The number of hydrogen-bond acceptors (Lipinski definition) is 2. The summed E-state index contributed by atoms with van der Waals surface area (Å²) in [6, 6.07) is 4.58. The molecule has 0 aliphatic carbocycles. The number of nitrogens with two attached hydrogens (primary N) is 1. The summed E-state index contributed by atoms with van der Waals surface area (Å²) >= 11 is 9.36. The van der Waals surface area contributed by atoms with Gasteiger partial charge in [-0.25, -0.2) is 4.39 Å². The van der Waals surface area contributed by atoms with Crippen molar-refractivity contribution in [1.82, 2.24) is 4.57 Å². The number of aromatic nitrogens is 1. The van der Waals surface area contributed by atoms with Gasteiger partial charge in [-0.3, -0.25) is 4.57 Å². The molecule has 2 N–H and O–H groups in total. The Morgan fingerprint density at radius 2 is 2.05 bits per heavy atom. The van der Waals surface area contributed by atoms with Gasteiger partial charge in [0, 0.05) is 10.2 Å². The van der Waals surface area contributed by atoms with E-state index in [1.54, 1.807) is 4.57 Å². The third-order valence-electron chi connectivity index (χ3n) is 3.07. The van der Waals surface area contributed by atoms with Crippen LogP contribution >= 0.6 is 27.5 Å². The van der Waals surface area contributed by atoms with Crippen molar-refractivity contribution >= 4 is 33.3 Å². The van der Waals surface area contributed by atoms with E-state index in [1.807, 2.05) is 13.8 Å². The zero-order valence-electron chi connectivity index (χ0n) is 10.3. The van der Waals surface area contributed by atoms with Gasteiger partial charge in [-0.05, 0) is 47.5 Å². The molecule has 0 saturated carbocycles. The Hall–Kier alpha value is -1.51. The molecule has 6 heteroatoms. The van der Waals surface area contributed by atoms with Crippen molar-refractivity contribution in [1.29, 1.82) is 5.26 Å². The van der Waals surface area contributed by atoms with Gasteiger partial charge >= 0.3 is 0 Å². The molecule has 0 aliphatic rings. The molecule has 0 spiro atoms. The number of nitrogens with zero attached hydrogens (tertiary/aromatic N) is 2. The Balaban J connectivity index is 2.85. The molecule has 3 nitrogen and oxygen atoms in total. The maximum Gasteiger partial charge on any atom is 0.126 e. The van der Waals surface area contributed by atoms with Gasteiger partial charge in [0.15, 0.2) is 0 Å². The molecule has 0 fully saturated rings. The smallest absolute Gasteiger partial charge is 0.126 e. The fourth-order valence-corrected chi connectivity index (χ4v) is 3.02. The number of nitrogen functional groups attached to an aromatic ring is 1. The molecule has 1 aromatic carbocycles. The largest absolute Gasteiger partial charge is 0.384 e. The highest BCUT2D eigenvalue weighted by molar-refractivity contribution is 9.10. The zero-order valence-corrected chi connectivity index (χ0v) is 12.6. The second kappa shape index (κ2) is 4.87. The van der Waals surface area contributed by atoms with Gasteiger partial charge in [0.05, 0.1) is 16.3 Å². The Labute approximate surface area is 123 Å². The summed E-state index contributed by atoms with van der Waals surface area (Å²) in [6.45, 7) is 3.64. The van der Waals surface area contributed by atoms with Gasteiger partial charge in [0.25, 0.3) is 0 Å². The first kappa shape index (κ1) is 13.9. The maximum atomic E-state index is 13.3. The van der Waals surface area contributed by atoms with Crippen LogP contribution in [0, 0.1) is 31.0 Å². The Kier molecular flexibility index (Phi) is 3.57.